The molecule has 0 fully saturated rings. The van der Waals surface area contributed by atoms with E-state index in [0.717, 1.165) is 27.8 Å². The highest BCUT2D eigenvalue weighted by atomic mass is 16.2. The average Bonchev–Trinajstić information content (AvgIpc) is 2.49. The molecule has 0 bridgehead atoms. The molecular formula is C18H22N2O. The van der Waals surface area contributed by atoms with Gasteiger partial charge >= 0.3 is 0 Å². The molecule has 0 saturated heterocycles. The number of aryl methyl sites for hydroxylation is 2. The van der Waals surface area contributed by atoms with Gasteiger partial charge in [0.2, 0.25) is 0 Å². The van der Waals surface area contributed by atoms with E-state index < -0.39 is 0 Å². The average molecular weight is 282 g/mol. The predicted molar refractivity (Wildman–Crippen MR) is 86.0 cm³/mol. The van der Waals surface area contributed by atoms with Crippen molar-refractivity contribution in [2.75, 3.05) is 7.05 Å². The topological polar surface area (TPSA) is 46.3 Å². The maximum absolute atomic E-state index is 12.6. The number of carbonyl (C=O) groups is 1. The Morgan fingerprint density at radius 2 is 1.67 bits per heavy atom. The summed E-state index contributed by atoms with van der Waals surface area (Å²) in [7, 11) is 1.83. The first-order chi connectivity index (χ1) is 10.0. The Balaban J connectivity index is 2.13. The zero-order chi connectivity index (χ0) is 15.4. The second-order valence-corrected chi connectivity index (χ2v) is 5.50. The van der Waals surface area contributed by atoms with Crippen LogP contribution in [0.1, 0.15) is 32.6 Å². The summed E-state index contributed by atoms with van der Waals surface area (Å²) in [6.45, 7) is 5.10. The first kappa shape index (κ1) is 15.3. The molecule has 0 unspecified atom stereocenters. The third-order valence-electron chi connectivity index (χ3n) is 3.65. The SMILES string of the molecule is Cc1ccc(C)c(C(=O)N(C)Cc2ccc(CN)cc2)c1. The zero-order valence-electron chi connectivity index (χ0n) is 12.9. The Kier molecular flexibility index (Phi) is 4.76. The van der Waals surface area contributed by atoms with Crippen LogP contribution in [0.15, 0.2) is 42.5 Å². The van der Waals surface area contributed by atoms with Crippen LogP contribution in [0, 0.1) is 13.8 Å². The standard InChI is InChI=1S/C18H22N2O/c1-13-4-5-14(2)17(10-13)18(21)20(3)12-16-8-6-15(11-19)7-9-16/h4-10H,11-12,19H2,1-3H3. The van der Waals surface area contributed by atoms with Crippen LogP contribution in [0.4, 0.5) is 0 Å². The van der Waals surface area contributed by atoms with Gasteiger partial charge in [0, 0.05) is 25.7 Å². The first-order valence-electron chi connectivity index (χ1n) is 7.12. The number of rotatable bonds is 4. The fourth-order valence-electron chi connectivity index (χ4n) is 2.30. The van der Waals surface area contributed by atoms with Crippen molar-refractivity contribution in [1.29, 1.82) is 0 Å². The molecule has 0 atom stereocenters. The number of carbonyl (C=O) groups excluding carboxylic acids is 1. The molecule has 0 saturated carbocycles. The molecule has 3 heteroatoms. The molecule has 0 heterocycles. The predicted octanol–water partition coefficient (Wildman–Crippen LogP) is 3.03. The van der Waals surface area contributed by atoms with Crippen molar-refractivity contribution in [3.63, 3.8) is 0 Å². The lowest BCUT2D eigenvalue weighted by Crippen LogP contribution is -2.27. The molecule has 3 nitrogen and oxygen atoms in total. The minimum Gasteiger partial charge on any atom is -0.337 e. The Hall–Kier alpha value is -2.13. The molecule has 1 amide bonds. The fraction of sp³-hybridized carbons (Fsp3) is 0.278. The molecule has 0 aliphatic heterocycles. The fourth-order valence-corrected chi connectivity index (χ4v) is 2.30. The van der Waals surface area contributed by atoms with Gasteiger partial charge in [0.25, 0.3) is 5.91 Å². The van der Waals surface area contributed by atoms with E-state index in [1.807, 2.05) is 63.4 Å². The molecule has 0 radical (unpaired) electrons. The summed E-state index contributed by atoms with van der Waals surface area (Å²) >= 11 is 0. The molecule has 2 rings (SSSR count). The van der Waals surface area contributed by atoms with E-state index in [-0.39, 0.29) is 5.91 Å². The summed E-state index contributed by atoms with van der Waals surface area (Å²) in [4.78, 5) is 14.3. The lowest BCUT2D eigenvalue weighted by atomic mass is 10.0. The summed E-state index contributed by atoms with van der Waals surface area (Å²) < 4.78 is 0. The monoisotopic (exact) mass is 282 g/mol. The molecule has 21 heavy (non-hydrogen) atoms. The van der Waals surface area contributed by atoms with Crippen LogP contribution >= 0.6 is 0 Å². The minimum atomic E-state index is 0.0547. The lowest BCUT2D eigenvalue weighted by Gasteiger charge is -2.19. The molecule has 2 aromatic rings. The van der Waals surface area contributed by atoms with Crippen LogP contribution in [0.3, 0.4) is 0 Å². The van der Waals surface area contributed by atoms with E-state index in [4.69, 9.17) is 5.73 Å². The van der Waals surface area contributed by atoms with Crippen molar-refractivity contribution in [3.05, 3.63) is 70.3 Å². The second kappa shape index (κ2) is 6.55. The van der Waals surface area contributed by atoms with E-state index in [9.17, 15) is 4.79 Å². The normalized spacial score (nSPS) is 10.5. The molecule has 110 valence electrons. The summed E-state index contributed by atoms with van der Waals surface area (Å²) in [6, 6.07) is 14.0. The molecule has 2 aromatic carbocycles. The molecule has 0 aliphatic rings. The van der Waals surface area contributed by atoms with Crippen molar-refractivity contribution < 1.29 is 4.79 Å². The Morgan fingerprint density at radius 3 is 2.29 bits per heavy atom. The van der Waals surface area contributed by atoms with E-state index in [0.29, 0.717) is 13.1 Å². The van der Waals surface area contributed by atoms with Crippen LogP contribution in [-0.2, 0) is 13.1 Å². The van der Waals surface area contributed by atoms with Crippen LogP contribution in [0.25, 0.3) is 0 Å². The van der Waals surface area contributed by atoms with Gasteiger partial charge in [0.05, 0.1) is 0 Å². The van der Waals surface area contributed by atoms with Gasteiger partial charge in [-0.15, -0.1) is 0 Å². The first-order valence-corrected chi connectivity index (χ1v) is 7.12. The van der Waals surface area contributed by atoms with Gasteiger partial charge in [-0.05, 0) is 36.6 Å². The summed E-state index contributed by atoms with van der Waals surface area (Å²) in [5.41, 5.74) is 10.7. The van der Waals surface area contributed by atoms with Gasteiger partial charge < -0.3 is 10.6 Å². The third-order valence-corrected chi connectivity index (χ3v) is 3.65. The molecule has 0 aromatic heterocycles. The third kappa shape index (κ3) is 3.70. The Labute approximate surface area is 126 Å². The highest BCUT2D eigenvalue weighted by Crippen LogP contribution is 2.15. The number of hydrogen-bond acceptors (Lipinski definition) is 2. The Bertz CT molecular complexity index is 632. The van der Waals surface area contributed by atoms with Crippen molar-refractivity contribution in [2.24, 2.45) is 5.73 Å². The van der Waals surface area contributed by atoms with E-state index in [1.54, 1.807) is 4.90 Å². The number of amides is 1. The number of nitrogens with two attached hydrogens (primary N) is 1. The molecule has 2 N–H and O–H groups in total. The molecule has 0 aliphatic carbocycles. The van der Waals surface area contributed by atoms with Crippen molar-refractivity contribution in [3.8, 4) is 0 Å². The van der Waals surface area contributed by atoms with E-state index in [2.05, 4.69) is 0 Å². The summed E-state index contributed by atoms with van der Waals surface area (Å²) in [5.74, 6) is 0.0547. The van der Waals surface area contributed by atoms with Crippen LogP contribution < -0.4 is 5.73 Å². The van der Waals surface area contributed by atoms with Gasteiger partial charge in [-0.3, -0.25) is 4.79 Å². The molecule has 0 spiro atoms. The van der Waals surface area contributed by atoms with E-state index >= 15 is 0 Å². The zero-order valence-corrected chi connectivity index (χ0v) is 12.9. The smallest absolute Gasteiger partial charge is 0.254 e. The summed E-state index contributed by atoms with van der Waals surface area (Å²) in [5, 5.41) is 0. The van der Waals surface area contributed by atoms with Gasteiger partial charge in [0.1, 0.15) is 0 Å². The second-order valence-electron chi connectivity index (χ2n) is 5.50. The van der Waals surface area contributed by atoms with Crippen LogP contribution in [-0.4, -0.2) is 17.9 Å². The largest absolute Gasteiger partial charge is 0.337 e. The minimum absolute atomic E-state index is 0.0547. The number of nitrogens with zero attached hydrogens (tertiary/aromatic N) is 1. The van der Waals surface area contributed by atoms with Gasteiger partial charge in [-0.2, -0.15) is 0 Å². The van der Waals surface area contributed by atoms with Gasteiger partial charge in [0.15, 0.2) is 0 Å². The maximum Gasteiger partial charge on any atom is 0.254 e. The van der Waals surface area contributed by atoms with E-state index in [1.165, 1.54) is 0 Å². The van der Waals surface area contributed by atoms with Crippen molar-refractivity contribution in [1.82, 2.24) is 4.90 Å². The van der Waals surface area contributed by atoms with Crippen LogP contribution in [0.5, 0.6) is 0 Å². The maximum atomic E-state index is 12.6. The summed E-state index contributed by atoms with van der Waals surface area (Å²) in [6.07, 6.45) is 0. The Morgan fingerprint density at radius 1 is 1.05 bits per heavy atom. The highest BCUT2D eigenvalue weighted by Gasteiger charge is 2.14. The lowest BCUT2D eigenvalue weighted by molar-refractivity contribution is 0.0784. The van der Waals surface area contributed by atoms with Crippen LogP contribution in [0.2, 0.25) is 0 Å². The number of benzene rings is 2. The number of hydrogen-bond donors (Lipinski definition) is 1. The quantitative estimate of drug-likeness (QED) is 0.937. The molecular weight excluding hydrogens is 260 g/mol. The highest BCUT2D eigenvalue weighted by molar-refractivity contribution is 5.95. The van der Waals surface area contributed by atoms with Gasteiger partial charge in [-0.25, -0.2) is 0 Å². The van der Waals surface area contributed by atoms with Crippen molar-refractivity contribution in [2.45, 2.75) is 26.9 Å². The van der Waals surface area contributed by atoms with Gasteiger partial charge in [-0.1, -0.05) is 42.0 Å². The van der Waals surface area contributed by atoms with Crippen molar-refractivity contribution >= 4 is 5.91 Å².